The SMILES string of the molecule is COC(=O)NC(C(=O)N1C[C@@H](C)C[C@H]1c1ncc(-c2ccc3cc(-c4ccc(-c5cnc([C@@H]6C[C@H](C)CN6C(=O)C(NC(=O)O)[C@@H]6CCO[C@@H](C)C6)[nH]5)cc4)ccc3c2)[nH]1)[C@H]1CCO[C@H](C)C1. The molecule has 0 bridgehead atoms. The van der Waals surface area contributed by atoms with E-state index >= 15 is 0 Å². The number of amides is 4. The number of benzene rings is 3. The summed E-state index contributed by atoms with van der Waals surface area (Å²) < 4.78 is 16.4. The Bertz CT molecular complexity index is 2590. The van der Waals surface area contributed by atoms with E-state index in [0.717, 1.165) is 63.1 Å². The van der Waals surface area contributed by atoms with Gasteiger partial charge in [-0.25, -0.2) is 19.6 Å². The number of aromatic nitrogens is 4. The van der Waals surface area contributed by atoms with Crippen LogP contribution in [0.5, 0.6) is 0 Å². The van der Waals surface area contributed by atoms with Crippen molar-refractivity contribution in [3.63, 3.8) is 0 Å². The first-order valence-corrected chi connectivity index (χ1v) is 23.7. The lowest BCUT2D eigenvalue weighted by Crippen LogP contribution is -2.53. The number of carboxylic acid groups (broad SMARTS) is 1. The third-order valence-electron chi connectivity index (χ3n) is 14.4. The summed E-state index contributed by atoms with van der Waals surface area (Å²) in [5.74, 6) is 1.36. The monoisotopic (exact) mass is 914 g/mol. The standard InChI is InChI=1S/C51H62N8O8/c1-28-18-42(58(26-28)48(60)44(56-50(62)63)38-14-16-66-30(3)20-38)46-52-24-40(54-46)33-8-6-32(7-9-33)34-10-11-36-23-37(13-12-35(36)22-34)41-25-53-47(55-41)43-19-29(2)27-59(43)49(61)45(57-51(64)65-5)39-15-17-67-31(4)21-39/h6-13,22-25,28-31,38-39,42-45,56H,14-21,26-27H2,1-5H3,(H,52,54)(H,53,55)(H,57,64)(H,62,63)/t28-,29-,30-,31+,38+,39-,42-,43-,44?,45?/m0/s1. The molecule has 4 fully saturated rings. The molecule has 0 spiro atoms. The zero-order chi connectivity index (χ0) is 46.9. The van der Waals surface area contributed by atoms with Gasteiger partial charge >= 0.3 is 12.2 Å². The number of carbonyl (C=O) groups is 4. The Labute approximate surface area is 390 Å². The Morgan fingerprint density at radius 1 is 0.657 bits per heavy atom. The molecule has 67 heavy (non-hydrogen) atoms. The van der Waals surface area contributed by atoms with Crippen molar-refractivity contribution < 1.29 is 38.5 Å². The van der Waals surface area contributed by atoms with Crippen molar-refractivity contribution in [3.8, 4) is 33.6 Å². The molecule has 4 aliphatic heterocycles. The molecule has 4 aliphatic rings. The molecule has 10 atom stereocenters. The first-order chi connectivity index (χ1) is 32.3. The zero-order valence-corrected chi connectivity index (χ0v) is 38.9. The third-order valence-corrected chi connectivity index (χ3v) is 14.4. The highest BCUT2D eigenvalue weighted by Gasteiger charge is 2.44. The summed E-state index contributed by atoms with van der Waals surface area (Å²) in [6, 6.07) is 19.0. The van der Waals surface area contributed by atoms with Crippen LogP contribution in [0.15, 0.2) is 73.1 Å². The lowest BCUT2D eigenvalue weighted by atomic mass is 9.88. The van der Waals surface area contributed by atoms with Crippen LogP contribution in [0.2, 0.25) is 0 Å². The fourth-order valence-electron chi connectivity index (χ4n) is 10.9. The van der Waals surface area contributed by atoms with Gasteiger partial charge in [-0.3, -0.25) is 9.59 Å². The summed E-state index contributed by atoms with van der Waals surface area (Å²) in [4.78, 5) is 72.9. The molecular weight excluding hydrogens is 853 g/mol. The lowest BCUT2D eigenvalue weighted by molar-refractivity contribution is -0.138. The van der Waals surface area contributed by atoms with E-state index in [0.29, 0.717) is 57.8 Å². The highest BCUT2D eigenvalue weighted by atomic mass is 16.5. The van der Waals surface area contributed by atoms with Gasteiger partial charge in [-0.15, -0.1) is 0 Å². The van der Waals surface area contributed by atoms with E-state index in [1.807, 2.05) is 24.9 Å². The third kappa shape index (κ3) is 9.91. The number of imidazole rings is 2. The Hall–Kier alpha value is -6.26. The van der Waals surface area contributed by atoms with Gasteiger partial charge in [0, 0.05) is 31.9 Å². The Kier molecular flexibility index (Phi) is 13.4. The van der Waals surface area contributed by atoms with Crippen LogP contribution in [0.25, 0.3) is 44.4 Å². The highest BCUT2D eigenvalue weighted by Crippen LogP contribution is 2.39. The van der Waals surface area contributed by atoms with Crippen molar-refractivity contribution in [2.24, 2.45) is 23.7 Å². The molecule has 9 rings (SSSR count). The fraction of sp³-hybridized carbons (Fsp3) is 0.490. The van der Waals surface area contributed by atoms with Gasteiger partial charge < -0.3 is 49.7 Å². The molecule has 5 N–H and O–H groups in total. The van der Waals surface area contributed by atoms with Crippen LogP contribution >= 0.6 is 0 Å². The highest BCUT2D eigenvalue weighted by molar-refractivity contribution is 5.91. The average molecular weight is 915 g/mol. The van der Waals surface area contributed by atoms with Crippen LogP contribution in [0.1, 0.15) is 90.0 Å². The van der Waals surface area contributed by atoms with E-state index < -0.39 is 24.3 Å². The van der Waals surface area contributed by atoms with Gasteiger partial charge in [-0.05, 0) is 116 Å². The molecule has 4 saturated heterocycles. The maximum atomic E-state index is 14.3. The largest absolute Gasteiger partial charge is 0.465 e. The number of ether oxygens (including phenoxy) is 3. The van der Waals surface area contributed by atoms with Crippen molar-refractivity contribution in [1.82, 2.24) is 40.4 Å². The number of methoxy groups -OCH3 is 1. The maximum Gasteiger partial charge on any atom is 0.407 e. The molecule has 3 aromatic carbocycles. The Balaban J connectivity index is 0.876. The van der Waals surface area contributed by atoms with Crippen LogP contribution in [0, 0.1) is 23.7 Å². The Morgan fingerprint density at radius 3 is 1.63 bits per heavy atom. The number of likely N-dealkylation sites (tertiary alicyclic amines) is 2. The Morgan fingerprint density at radius 2 is 1.12 bits per heavy atom. The molecular formula is C51H62N8O8. The molecule has 0 radical (unpaired) electrons. The van der Waals surface area contributed by atoms with Gasteiger partial charge in [0.05, 0.1) is 55.2 Å². The summed E-state index contributed by atoms with van der Waals surface area (Å²) in [5.41, 5.74) is 5.79. The molecule has 0 aliphatic carbocycles. The van der Waals surface area contributed by atoms with Crippen molar-refractivity contribution >= 4 is 34.8 Å². The van der Waals surface area contributed by atoms with Gasteiger partial charge in [0.2, 0.25) is 11.8 Å². The van der Waals surface area contributed by atoms with Crippen molar-refractivity contribution in [2.45, 2.75) is 103 Å². The lowest BCUT2D eigenvalue weighted by Gasteiger charge is -2.36. The average Bonchev–Trinajstić information content (AvgIpc) is 4.16. The van der Waals surface area contributed by atoms with Gasteiger partial charge in [-0.2, -0.15) is 0 Å². The number of hydrogen-bond donors (Lipinski definition) is 5. The minimum Gasteiger partial charge on any atom is -0.465 e. The first kappa shape index (κ1) is 45.9. The number of H-pyrrole nitrogens is 2. The molecule has 5 aromatic rings. The molecule has 354 valence electrons. The number of hydrogen-bond acceptors (Lipinski definition) is 9. The summed E-state index contributed by atoms with van der Waals surface area (Å²) in [7, 11) is 1.31. The number of rotatable bonds is 11. The molecule has 6 heterocycles. The zero-order valence-electron chi connectivity index (χ0n) is 38.9. The van der Waals surface area contributed by atoms with Gasteiger partial charge in [0.25, 0.3) is 0 Å². The van der Waals surface area contributed by atoms with Gasteiger partial charge in [-0.1, -0.05) is 62.4 Å². The summed E-state index contributed by atoms with van der Waals surface area (Å²) in [6.07, 6.45) is 5.84. The summed E-state index contributed by atoms with van der Waals surface area (Å²) in [5, 5.41) is 17.3. The second-order valence-corrected chi connectivity index (χ2v) is 19.4. The smallest absolute Gasteiger partial charge is 0.407 e. The fourth-order valence-corrected chi connectivity index (χ4v) is 10.9. The quantitative estimate of drug-likeness (QED) is 0.0862. The first-order valence-electron chi connectivity index (χ1n) is 23.7. The number of aromatic amines is 2. The van der Waals surface area contributed by atoms with Gasteiger partial charge in [0.1, 0.15) is 23.7 Å². The van der Waals surface area contributed by atoms with Crippen LogP contribution in [-0.4, -0.2) is 117 Å². The number of nitrogens with one attached hydrogen (secondary N) is 4. The van der Waals surface area contributed by atoms with E-state index in [-0.39, 0.29) is 59.8 Å². The van der Waals surface area contributed by atoms with Crippen LogP contribution in [0.4, 0.5) is 9.59 Å². The van der Waals surface area contributed by atoms with E-state index in [4.69, 9.17) is 24.2 Å². The minimum absolute atomic E-state index is 0.00153. The molecule has 4 amide bonds. The second-order valence-electron chi connectivity index (χ2n) is 19.4. The van der Waals surface area contributed by atoms with Crippen molar-refractivity contribution in [2.75, 3.05) is 33.4 Å². The molecule has 16 nitrogen and oxygen atoms in total. The number of fused-ring (bicyclic) bond motifs is 1. The topological polar surface area (TPSA) is 204 Å². The molecule has 16 heteroatoms. The number of alkyl carbamates (subject to hydrolysis) is 1. The van der Waals surface area contributed by atoms with E-state index in [1.165, 1.54) is 7.11 Å². The number of nitrogens with zero attached hydrogens (tertiary/aromatic N) is 4. The van der Waals surface area contributed by atoms with Crippen LogP contribution in [0.3, 0.4) is 0 Å². The molecule has 0 saturated carbocycles. The molecule has 2 unspecified atom stereocenters. The summed E-state index contributed by atoms with van der Waals surface area (Å²) in [6.45, 7) is 10.3. The van der Waals surface area contributed by atoms with Crippen LogP contribution < -0.4 is 10.6 Å². The van der Waals surface area contributed by atoms with Crippen LogP contribution in [-0.2, 0) is 23.8 Å². The maximum absolute atomic E-state index is 14.3. The molecule has 2 aromatic heterocycles. The van der Waals surface area contributed by atoms with Gasteiger partial charge in [0.15, 0.2) is 0 Å². The normalized spacial score (nSPS) is 26.3. The van der Waals surface area contributed by atoms with Crippen molar-refractivity contribution in [1.29, 1.82) is 0 Å². The van der Waals surface area contributed by atoms with E-state index in [1.54, 1.807) is 11.1 Å². The van der Waals surface area contributed by atoms with E-state index in [2.05, 4.69) is 95.1 Å². The predicted molar refractivity (Wildman–Crippen MR) is 252 cm³/mol. The minimum atomic E-state index is -1.20. The van der Waals surface area contributed by atoms with Crippen molar-refractivity contribution in [3.05, 3.63) is 84.7 Å². The number of carbonyl (C=O) groups excluding carboxylic acids is 3. The second kappa shape index (κ2) is 19.5. The predicted octanol–water partition coefficient (Wildman–Crippen LogP) is 8.10. The summed E-state index contributed by atoms with van der Waals surface area (Å²) >= 11 is 0. The van der Waals surface area contributed by atoms with E-state index in [9.17, 15) is 24.3 Å².